The Balaban J connectivity index is 0.00000280. The zero-order chi connectivity index (χ0) is 19.2. The van der Waals surface area contributed by atoms with E-state index in [9.17, 15) is 4.79 Å². The number of hydrogen-bond acceptors (Lipinski definition) is 4. The molecule has 0 radical (unpaired) electrons. The van der Waals surface area contributed by atoms with Gasteiger partial charge in [0.2, 0.25) is 0 Å². The van der Waals surface area contributed by atoms with E-state index in [0.29, 0.717) is 12.8 Å². The third-order valence-electron chi connectivity index (χ3n) is 4.09. The van der Waals surface area contributed by atoms with E-state index >= 15 is 0 Å². The van der Waals surface area contributed by atoms with Gasteiger partial charge in [0.1, 0.15) is 5.82 Å². The summed E-state index contributed by atoms with van der Waals surface area (Å²) in [6.45, 7) is 0. The summed E-state index contributed by atoms with van der Waals surface area (Å²) in [5, 5.41) is 10.1. The molecule has 0 bridgehead atoms. The van der Waals surface area contributed by atoms with Crippen LogP contribution in [0.1, 0.15) is 12.0 Å². The Morgan fingerprint density at radius 3 is 2.64 bits per heavy atom. The Bertz CT molecular complexity index is 953. The fourth-order valence-corrected chi connectivity index (χ4v) is 2.71. The number of nitrogens with zero attached hydrogens (tertiary/aromatic N) is 1. The molecule has 28 heavy (non-hydrogen) atoms. The van der Waals surface area contributed by atoms with Gasteiger partial charge in [0.15, 0.2) is 5.96 Å². The first-order chi connectivity index (χ1) is 13.0. The van der Waals surface area contributed by atoms with Crippen LogP contribution in [0, 0.1) is 5.41 Å². The van der Waals surface area contributed by atoms with Crippen molar-refractivity contribution in [3.8, 4) is 22.6 Å². The molecule has 3 rings (SSSR count). The lowest BCUT2D eigenvalue weighted by atomic mass is 10.1. The Hall–Kier alpha value is -3.32. The number of methoxy groups -OCH3 is 1. The summed E-state index contributed by atoms with van der Waals surface area (Å²) in [6, 6.07) is 15.5. The maximum Gasteiger partial charge on any atom is 0.305 e. The Kier molecular flexibility index (Phi) is 7.17. The standard InChI is InChI=1S/C20H21N5O2.ClH/c1-27-18(26)10-7-13-5-8-14(9-6-13)19-23-12-17(25-19)15-3-2-4-16(11-15)24-20(21)22;/h2-6,8-9,11-12H,7,10H2,1H3,(H,23,25)(H4,21,22,24);1H. The number of aromatic nitrogens is 2. The van der Waals surface area contributed by atoms with Gasteiger partial charge in [-0.05, 0) is 24.1 Å². The van der Waals surface area contributed by atoms with Crippen LogP contribution in [0.25, 0.3) is 22.6 Å². The van der Waals surface area contributed by atoms with Gasteiger partial charge in [-0.1, -0.05) is 36.4 Å². The van der Waals surface area contributed by atoms with E-state index in [1.807, 2.05) is 54.7 Å². The molecule has 0 unspecified atom stereocenters. The molecule has 0 amide bonds. The normalized spacial score (nSPS) is 10.0. The summed E-state index contributed by atoms with van der Waals surface area (Å²) in [5.74, 6) is 0.438. The summed E-state index contributed by atoms with van der Waals surface area (Å²) in [4.78, 5) is 19.1. The number of benzene rings is 2. The Labute approximate surface area is 169 Å². The van der Waals surface area contributed by atoms with Crippen LogP contribution in [0.2, 0.25) is 0 Å². The number of aromatic amines is 1. The zero-order valence-corrected chi connectivity index (χ0v) is 16.2. The first kappa shape index (κ1) is 21.0. The summed E-state index contributed by atoms with van der Waals surface area (Å²) >= 11 is 0. The van der Waals surface area contributed by atoms with Gasteiger partial charge in [0.25, 0.3) is 0 Å². The molecule has 3 aromatic rings. The van der Waals surface area contributed by atoms with Gasteiger partial charge >= 0.3 is 5.97 Å². The lowest BCUT2D eigenvalue weighted by molar-refractivity contribution is -0.140. The number of ether oxygens (including phenoxy) is 1. The van der Waals surface area contributed by atoms with Gasteiger partial charge in [0, 0.05) is 29.4 Å². The van der Waals surface area contributed by atoms with Crippen LogP contribution in [-0.2, 0) is 16.0 Å². The number of esters is 1. The van der Waals surface area contributed by atoms with Gasteiger partial charge in [-0.3, -0.25) is 10.2 Å². The van der Waals surface area contributed by atoms with Crippen LogP contribution < -0.4 is 11.1 Å². The number of carbonyl (C=O) groups excluding carboxylic acids is 1. The second-order valence-corrected chi connectivity index (χ2v) is 6.03. The predicted octanol–water partition coefficient (Wildman–Crippen LogP) is 3.58. The molecule has 7 nitrogen and oxygen atoms in total. The maximum atomic E-state index is 11.2. The SMILES string of the molecule is COC(=O)CCc1ccc(-c2nc(-c3cccc(NC(=N)N)c3)c[nH]2)cc1.Cl. The second-order valence-electron chi connectivity index (χ2n) is 6.03. The fourth-order valence-electron chi connectivity index (χ4n) is 2.71. The smallest absolute Gasteiger partial charge is 0.305 e. The van der Waals surface area contributed by atoms with Crippen molar-refractivity contribution in [1.82, 2.24) is 9.97 Å². The second kappa shape index (κ2) is 9.57. The lowest BCUT2D eigenvalue weighted by Crippen LogP contribution is -2.20. The first-order valence-electron chi connectivity index (χ1n) is 8.48. The van der Waals surface area contributed by atoms with Crippen molar-refractivity contribution in [2.24, 2.45) is 5.73 Å². The van der Waals surface area contributed by atoms with E-state index in [1.54, 1.807) is 0 Å². The van der Waals surface area contributed by atoms with Crippen LogP contribution in [-0.4, -0.2) is 29.0 Å². The Morgan fingerprint density at radius 1 is 1.21 bits per heavy atom. The van der Waals surface area contributed by atoms with Gasteiger partial charge in [0.05, 0.1) is 12.8 Å². The van der Waals surface area contributed by atoms with Crippen LogP contribution in [0.3, 0.4) is 0 Å². The molecule has 0 spiro atoms. The number of aryl methyl sites for hydroxylation is 1. The number of hydrogen-bond donors (Lipinski definition) is 4. The minimum absolute atomic E-state index is 0. The molecule has 1 heterocycles. The molecule has 2 aromatic carbocycles. The van der Waals surface area contributed by atoms with Crippen molar-refractivity contribution >= 4 is 30.0 Å². The third kappa shape index (κ3) is 5.34. The molecular formula is C20H22ClN5O2. The topological polar surface area (TPSA) is 117 Å². The number of halogens is 1. The van der Waals surface area contributed by atoms with E-state index in [4.69, 9.17) is 11.1 Å². The van der Waals surface area contributed by atoms with Crippen molar-refractivity contribution in [3.05, 3.63) is 60.3 Å². The van der Waals surface area contributed by atoms with E-state index in [1.165, 1.54) is 7.11 Å². The van der Waals surface area contributed by atoms with E-state index < -0.39 is 0 Å². The highest BCUT2D eigenvalue weighted by Gasteiger charge is 2.08. The predicted molar refractivity (Wildman–Crippen MR) is 113 cm³/mol. The molecule has 146 valence electrons. The molecule has 0 saturated heterocycles. The minimum atomic E-state index is -0.212. The number of nitrogens with two attached hydrogens (primary N) is 1. The molecule has 8 heteroatoms. The summed E-state index contributed by atoms with van der Waals surface area (Å²) in [6.07, 6.45) is 2.85. The molecule has 5 N–H and O–H groups in total. The average Bonchev–Trinajstić information content (AvgIpc) is 3.16. The number of guanidine groups is 1. The lowest BCUT2D eigenvalue weighted by Gasteiger charge is -2.05. The largest absolute Gasteiger partial charge is 0.469 e. The number of H-pyrrole nitrogens is 1. The summed E-state index contributed by atoms with van der Waals surface area (Å²) in [7, 11) is 1.39. The number of anilines is 1. The van der Waals surface area contributed by atoms with Crippen molar-refractivity contribution in [1.29, 1.82) is 5.41 Å². The fraction of sp³-hybridized carbons (Fsp3) is 0.150. The van der Waals surface area contributed by atoms with E-state index in [2.05, 4.69) is 20.0 Å². The van der Waals surface area contributed by atoms with E-state index in [-0.39, 0.29) is 24.3 Å². The van der Waals surface area contributed by atoms with Crippen molar-refractivity contribution in [3.63, 3.8) is 0 Å². The Morgan fingerprint density at radius 2 is 1.96 bits per heavy atom. The molecule has 1 aromatic heterocycles. The van der Waals surface area contributed by atoms with Crippen molar-refractivity contribution in [2.45, 2.75) is 12.8 Å². The third-order valence-corrected chi connectivity index (χ3v) is 4.09. The summed E-state index contributed by atoms with van der Waals surface area (Å²) < 4.78 is 4.66. The zero-order valence-electron chi connectivity index (χ0n) is 15.4. The molecular weight excluding hydrogens is 378 g/mol. The van der Waals surface area contributed by atoms with Gasteiger partial charge in [-0.15, -0.1) is 12.4 Å². The molecule has 0 aliphatic carbocycles. The van der Waals surface area contributed by atoms with E-state index in [0.717, 1.165) is 33.9 Å². The van der Waals surface area contributed by atoms with Gasteiger partial charge in [-0.25, -0.2) is 4.98 Å². The van der Waals surface area contributed by atoms with Crippen LogP contribution in [0.15, 0.2) is 54.7 Å². The number of imidazole rings is 1. The van der Waals surface area contributed by atoms with Crippen molar-refractivity contribution < 1.29 is 9.53 Å². The van der Waals surface area contributed by atoms with Gasteiger partial charge in [-0.2, -0.15) is 0 Å². The number of rotatable bonds is 6. The minimum Gasteiger partial charge on any atom is -0.469 e. The quantitative estimate of drug-likeness (QED) is 0.287. The van der Waals surface area contributed by atoms with Gasteiger partial charge < -0.3 is 20.8 Å². The number of nitrogens with one attached hydrogen (secondary N) is 3. The maximum absolute atomic E-state index is 11.2. The summed E-state index contributed by atoms with van der Waals surface area (Å²) in [5.41, 5.74) is 9.85. The van der Waals surface area contributed by atoms with Crippen molar-refractivity contribution in [2.75, 3.05) is 12.4 Å². The number of carbonyl (C=O) groups is 1. The highest BCUT2D eigenvalue weighted by Crippen LogP contribution is 2.24. The molecule has 0 aliphatic heterocycles. The molecule has 0 fully saturated rings. The molecule has 0 atom stereocenters. The van der Waals surface area contributed by atoms with Crippen LogP contribution >= 0.6 is 12.4 Å². The monoisotopic (exact) mass is 399 g/mol. The molecule has 0 saturated carbocycles. The molecule has 0 aliphatic rings. The average molecular weight is 400 g/mol. The van der Waals surface area contributed by atoms with Crippen LogP contribution in [0.4, 0.5) is 5.69 Å². The van der Waals surface area contributed by atoms with Crippen LogP contribution in [0.5, 0.6) is 0 Å². The highest BCUT2D eigenvalue weighted by molar-refractivity contribution is 5.90. The highest BCUT2D eigenvalue weighted by atomic mass is 35.5. The first-order valence-corrected chi connectivity index (χ1v) is 8.48.